The molecule has 506 valence electrons. The van der Waals surface area contributed by atoms with Gasteiger partial charge < -0.3 is 66.0 Å². The molecule has 9 rings (SSSR count). The van der Waals surface area contributed by atoms with E-state index in [1.807, 2.05) is 6.08 Å². The monoisotopic (exact) mass is 1370 g/mol. The molecule has 3 aromatic carbocycles. The Balaban J connectivity index is 0.000000200. The van der Waals surface area contributed by atoms with Crippen molar-refractivity contribution in [3.8, 4) is 5.75 Å². The molecule has 0 saturated carbocycles. The number of likely N-dealkylation sites (tertiary alicyclic amines) is 1. The van der Waals surface area contributed by atoms with Crippen molar-refractivity contribution in [2.75, 3.05) is 75.0 Å². The molecule has 19 nitrogen and oxygen atoms in total. The molecule has 0 spiro atoms. The first kappa shape index (κ1) is 73.3. The summed E-state index contributed by atoms with van der Waals surface area (Å²) in [4.78, 5) is 54.2. The van der Waals surface area contributed by atoms with Crippen LogP contribution in [0, 0.1) is 12.7 Å². The highest BCUT2D eigenvalue weighted by molar-refractivity contribution is 6.32. The third-order valence-electron chi connectivity index (χ3n) is 15.2. The number of nitrogens with one attached hydrogen (secondary N) is 3. The number of ether oxygens (including phenoxy) is 1. The number of hydrogen-bond acceptors (Lipinski definition) is 13. The quantitative estimate of drug-likeness (QED) is 0.0460. The predicted molar refractivity (Wildman–Crippen MR) is 328 cm³/mol. The number of anilines is 3. The number of piperidine rings is 1. The number of benzene rings is 3. The molecule has 6 aromatic rings. The van der Waals surface area contributed by atoms with Gasteiger partial charge in [-0.3, -0.25) is 15.0 Å². The largest absolute Gasteiger partial charge is 0.573 e. The van der Waals surface area contributed by atoms with E-state index in [0.29, 0.717) is 70.7 Å². The molecule has 94 heavy (non-hydrogen) atoms. The van der Waals surface area contributed by atoms with Crippen LogP contribution in [0.2, 0.25) is 10.0 Å². The highest BCUT2D eigenvalue weighted by atomic mass is 35.5. The normalized spacial score (nSPS) is 16.3. The van der Waals surface area contributed by atoms with Crippen molar-refractivity contribution in [1.82, 2.24) is 29.7 Å². The molecule has 3 aliphatic rings. The van der Waals surface area contributed by atoms with Gasteiger partial charge in [-0.05, 0) is 116 Å². The van der Waals surface area contributed by atoms with Crippen molar-refractivity contribution in [1.29, 1.82) is 0 Å². The fraction of sp³-hybridized carbons (Fsp3) is 0.365. The van der Waals surface area contributed by atoms with E-state index in [4.69, 9.17) is 33.4 Å². The summed E-state index contributed by atoms with van der Waals surface area (Å²) in [5.41, 5.74) is -0.195. The SMILES string of the molecule is CC(F)(F)c1ccc(NC(=O)N2CC=C(c3ncc([C@@H](O)CO)cc3Cl)CC2)cc1.C[C@](O)(CO)c1cnc(C2=CCN(C(=O)Nc3ccc(C(F)(F)F)cc3)CC2)c(Cl)c1.Cc1cc(NC(=O)N2CCC(F)(c3ncc([C@@H](O)CO)cc3F)CC2)ccc1OC(F)(F)F. The van der Waals surface area contributed by atoms with Gasteiger partial charge >= 0.3 is 30.6 Å². The third kappa shape index (κ3) is 19.5. The van der Waals surface area contributed by atoms with Gasteiger partial charge in [0.15, 0.2) is 5.67 Å². The van der Waals surface area contributed by atoms with Crippen molar-refractivity contribution in [2.24, 2.45) is 0 Å². The van der Waals surface area contributed by atoms with Crippen LogP contribution in [0.1, 0.15) is 102 Å². The van der Waals surface area contributed by atoms with Gasteiger partial charge in [0.2, 0.25) is 0 Å². The highest BCUT2D eigenvalue weighted by Crippen LogP contribution is 2.39. The maximum atomic E-state index is 15.4. The molecular formula is C63H65Cl2F10N9O10. The molecule has 1 fully saturated rings. The van der Waals surface area contributed by atoms with Crippen LogP contribution >= 0.6 is 23.2 Å². The van der Waals surface area contributed by atoms with Crippen molar-refractivity contribution < 1.29 is 93.7 Å². The number of urea groups is 3. The van der Waals surface area contributed by atoms with E-state index in [1.54, 1.807) is 23.1 Å². The van der Waals surface area contributed by atoms with Gasteiger partial charge in [0.25, 0.3) is 5.92 Å². The van der Waals surface area contributed by atoms with Crippen molar-refractivity contribution in [3.63, 3.8) is 0 Å². The number of halogens is 12. The predicted octanol–water partition coefficient (Wildman–Crippen LogP) is 12.4. The molecule has 6 heterocycles. The van der Waals surface area contributed by atoms with E-state index >= 15 is 4.39 Å². The zero-order chi connectivity index (χ0) is 69.1. The summed E-state index contributed by atoms with van der Waals surface area (Å²) < 4.78 is 135. The molecule has 0 unspecified atom stereocenters. The molecule has 0 bridgehead atoms. The third-order valence-corrected chi connectivity index (χ3v) is 15.8. The summed E-state index contributed by atoms with van der Waals surface area (Å²) in [6.07, 6.45) is -3.45. The summed E-state index contributed by atoms with van der Waals surface area (Å²) in [7, 11) is 0. The second-order valence-electron chi connectivity index (χ2n) is 22.2. The number of nitrogens with zero attached hydrogens (tertiary/aromatic N) is 6. The molecule has 3 aromatic heterocycles. The van der Waals surface area contributed by atoms with Gasteiger partial charge in [0.1, 0.15) is 35.1 Å². The van der Waals surface area contributed by atoms with Gasteiger partial charge in [0, 0.05) is 117 Å². The summed E-state index contributed by atoms with van der Waals surface area (Å²) in [6.45, 7) is 3.43. The average molecular weight is 1370 g/mol. The summed E-state index contributed by atoms with van der Waals surface area (Å²) in [5, 5.41) is 65.1. The molecule has 0 aliphatic carbocycles. The van der Waals surface area contributed by atoms with Crippen LogP contribution in [0.4, 0.5) is 75.3 Å². The number of aromatic nitrogens is 3. The minimum absolute atomic E-state index is 0.0149. The Morgan fingerprint density at radius 1 is 0.617 bits per heavy atom. The van der Waals surface area contributed by atoms with Gasteiger partial charge in [-0.2, -0.15) is 13.2 Å². The highest BCUT2D eigenvalue weighted by Gasteiger charge is 2.41. The Hall–Kier alpha value is -8.16. The van der Waals surface area contributed by atoms with Crippen LogP contribution in [0.5, 0.6) is 5.75 Å². The van der Waals surface area contributed by atoms with E-state index < -0.39 is 96.6 Å². The van der Waals surface area contributed by atoms with Crippen LogP contribution in [-0.2, 0) is 23.4 Å². The lowest BCUT2D eigenvalue weighted by molar-refractivity contribution is -0.274. The first-order chi connectivity index (χ1) is 44.1. The fourth-order valence-electron chi connectivity index (χ4n) is 9.71. The number of carbonyl (C=O) groups excluding carboxylic acids is 3. The number of aliphatic hydroxyl groups excluding tert-OH is 5. The second-order valence-corrected chi connectivity index (χ2v) is 23.1. The maximum absolute atomic E-state index is 15.4. The number of alkyl halides is 9. The standard InChI is InChI=1S/C21H21ClF3N3O3.C21H22ClF2N3O3.C21H22F5N3O4/c1-20(31,12-29)15-10-17(22)18(26-11-15)13-6-8-28(9-7-13)19(30)27-16-4-2-14(3-5-16)21(23,24)25;1-21(23,24)15-2-4-16(5-3-15)26-20(30)27-8-6-13(7-9-27)19-17(22)10-14(11-25-19)18(29)12-28;1-12-8-14(2-3-17(12)33-21(24,25)26)28-19(32)29-6-4-20(23,5-7-29)18-15(22)9-13(10-27-18)16(31)11-30/h2-6,10-11,29,31H,7-9,12H2,1H3,(H,27,30);2-6,10-11,18,28-29H,7-9,12H2,1H3,(H,26,30);2-3,8-10,16,30-31H,4-7,11H2,1H3,(H,28,32)/t20-;18-;16-/m000/s1. The summed E-state index contributed by atoms with van der Waals surface area (Å²) in [6, 6.07) is 16.0. The van der Waals surface area contributed by atoms with Crippen LogP contribution in [0.3, 0.4) is 0 Å². The molecule has 6 amide bonds. The minimum atomic E-state index is -4.84. The van der Waals surface area contributed by atoms with Crippen LogP contribution in [0.25, 0.3) is 11.1 Å². The first-order valence-electron chi connectivity index (χ1n) is 28.8. The van der Waals surface area contributed by atoms with Crippen molar-refractivity contribution >= 4 is 69.5 Å². The molecule has 0 radical (unpaired) electrons. The van der Waals surface area contributed by atoms with E-state index in [0.717, 1.165) is 48.5 Å². The topological polar surface area (TPSA) is 266 Å². The van der Waals surface area contributed by atoms with Gasteiger partial charge in [-0.1, -0.05) is 47.5 Å². The number of carbonyl (C=O) groups is 3. The Labute approximate surface area is 541 Å². The number of pyridine rings is 3. The van der Waals surface area contributed by atoms with Gasteiger partial charge in [0.05, 0.1) is 46.8 Å². The summed E-state index contributed by atoms with van der Waals surface area (Å²) >= 11 is 12.6. The zero-order valence-corrected chi connectivity index (χ0v) is 51.9. The van der Waals surface area contributed by atoms with Crippen LogP contribution < -0.4 is 20.7 Å². The number of aliphatic hydroxyl groups is 6. The Morgan fingerprint density at radius 3 is 1.50 bits per heavy atom. The molecular weight excluding hydrogens is 1300 g/mol. The molecule has 31 heteroatoms. The number of hydrogen-bond donors (Lipinski definition) is 9. The number of rotatable bonds is 14. The molecule has 9 N–H and O–H groups in total. The Bertz CT molecular complexity index is 3710. The Morgan fingerprint density at radius 2 is 1.07 bits per heavy atom. The van der Waals surface area contributed by atoms with E-state index in [2.05, 4.69) is 35.6 Å². The van der Waals surface area contributed by atoms with Gasteiger partial charge in [-0.25, -0.2) is 31.9 Å². The lowest BCUT2D eigenvalue weighted by atomic mass is 9.89. The lowest BCUT2D eigenvalue weighted by Crippen LogP contribution is -2.45. The van der Waals surface area contributed by atoms with Crippen molar-refractivity contribution in [2.45, 2.75) is 88.4 Å². The maximum Gasteiger partial charge on any atom is 0.573 e. The fourth-order valence-corrected chi connectivity index (χ4v) is 10.3. The Kier molecular flexibility index (Phi) is 24.1. The lowest BCUT2D eigenvalue weighted by Gasteiger charge is -2.36. The minimum Gasteiger partial charge on any atom is -0.406 e. The van der Waals surface area contributed by atoms with Gasteiger partial charge in [-0.15, -0.1) is 13.2 Å². The first-order valence-corrected chi connectivity index (χ1v) is 29.5. The number of amides is 6. The van der Waals surface area contributed by atoms with Crippen LogP contribution in [-0.4, -0.2) is 144 Å². The molecule has 3 atom stereocenters. The van der Waals surface area contributed by atoms with E-state index in [-0.39, 0.29) is 66.6 Å². The number of aryl methyl sites for hydroxylation is 1. The van der Waals surface area contributed by atoms with Crippen molar-refractivity contribution in [3.05, 3.63) is 182 Å². The zero-order valence-electron chi connectivity index (χ0n) is 50.4. The smallest absolute Gasteiger partial charge is 0.406 e. The second kappa shape index (κ2) is 30.9. The van der Waals surface area contributed by atoms with Crippen LogP contribution in [0.15, 0.2) is 116 Å². The van der Waals surface area contributed by atoms with E-state index in [9.17, 15) is 74.3 Å². The molecule has 3 aliphatic heterocycles. The average Bonchev–Trinajstić information content (AvgIpc) is 0.800. The summed E-state index contributed by atoms with van der Waals surface area (Å²) in [5.74, 6) is -4.29. The van der Waals surface area contributed by atoms with E-state index in [1.165, 1.54) is 84.6 Å². The molecule has 1 saturated heterocycles.